The lowest BCUT2D eigenvalue weighted by atomic mass is 10.4. The monoisotopic (exact) mass is 136 g/mol. The molecule has 0 heterocycles. The lowest BCUT2D eigenvalue weighted by Gasteiger charge is -1.97. The Bertz CT molecular complexity index is 265. The van der Waals surface area contributed by atoms with E-state index >= 15 is 0 Å². The molecule has 0 unspecified atom stereocenters. The van der Waals surface area contributed by atoms with Crippen molar-refractivity contribution < 1.29 is 10.2 Å². The summed E-state index contributed by atoms with van der Waals surface area (Å²) < 4.78 is 0. The van der Waals surface area contributed by atoms with Crippen molar-refractivity contribution in [1.82, 2.24) is 0 Å². The summed E-state index contributed by atoms with van der Waals surface area (Å²) in [5.41, 5.74) is -0.334. The highest BCUT2D eigenvalue weighted by molar-refractivity contribution is 5.33. The van der Waals surface area contributed by atoms with Crippen LogP contribution in [0.25, 0.3) is 0 Å². The van der Waals surface area contributed by atoms with Gasteiger partial charge in [-0.15, -0.1) is 0 Å². The maximum Gasteiger partial charge on any atom is 0.178 e. The molecule has 51 valence electrons. The Morgan fingerprint density at radius 1 is 1.10 bits per heavy atom. The molecule has 1 rings (SSSR count). The van der Waals surface area contributed by atoms with Crippen molar-refractivity contribution in [3.05, 3.63) is 34.5 Å². The van der Waals surface area contributed by atoms with Crippen LogP contribution in [0.15, 0.2) is 29.1 Å². The molecule has 0 N–H and O–H groups in total. The van der Waals surface area contributed by atoms with Gasteiger partial charge in [-0.05, 0) is 18.2 Å². The van der Waals surface area contributed by atoms with E-state index in [0.717, 1.165) is 24.3 Å². The molecule has 1 radical (unpaired) electrons. The van der Waals surface area contributed by atoms with Crippen molar-refractivity contribution in [2.45, 2.75) is 0 Å². The largest absolute Gasteiger partial charge is 0.870 e. The standard InChI is InChI=1S/C7H5O3/c8-5-1-3-6(9)7(10)4-2-5/h1-4,9H/p-1. The van der Waals surface area contributed by atoms with Gasteiger partial charge in [0.25, 0.3) is 0 Å². The van der Waals surface area contributed by atoms with Crippen LogP contribution in [-0.2, 0) is 5.11 Å². The summed E-state index contributed by atoms with van der Waals surface area (Å²) in [5.74, 6) is -1.30. The molecule has 0 amide bonds. The maximum absolute atomic E-state index is 10.5. The molecule has 1 aromatic rings. The fraction of sp³-hybridized carbons (Fsp3) is 0. The van der Waals surface area contributed by atoms with Crippen LogP contribution in [0.3, 0.4) is 0 Å². The molecule has 0 aliphatic carbocycles. The zero-order chi connectivity index (χ0) is 7.56. The number of hydrogen-bond donors (Lipinski definition) is 0. The molecule has 0 fully saturated rings. The van der Waals surface area contributed by atoms with E-state index in [1.807, 2.05) is 0 Å². The van der Waals surface area contributed by atoms with Gasteiger partial charge >= 0.3 is 0 Å². The fourth-order valence-corrected chi connectivity index (χ4v) is 0.535. The van der Waals surface area contributed by atoms with Gasteiger partial charge in [-0.1, -0.05) is 11.8 Å². The SMILES string of the molecule is [O]c1ccc(=O)ccc1[O-]. The predicted octanol–water partition coefficient (Wildman–Crippen LogP) is 0.264. The first-order valence-electron chi connectivity index (χ1n) is 2.68. The Morgan fingerprint density at radius 3 is 2.40 bits per heavy atom. The normalized spacial score (nSPS) is 9.20. The van der Waals surface area contributed by atoms with E-state index in [4.69, 9.17) is 0 Å². The van der Waals surface area contributed by atoms with E-state index in [1.165, 1.54) is 0 Å². The first-order valence-corrected chi connectivity index (χ1v) is 2.68. The Labute approximate surface area is 57.2 Å². The summed E-state index contributed by atoms with van der Waals surface area (Å²) in [5, 5.41) is 21.0. The van der Waals surface area contributed by atoms with Crippen molar-refractivity contribution >= 4 is 0 Å². The molecule has 10 heavy (non-hydrogen) atoms. The molecule has 0 aliphatic rings. The van der Waals surface area contributed by atoms with E-state index in [1.54, 1.807) is 0 Å². The molecule has 3 nitrogen and oxygen atoms in total. The van der Waals surface area contributed by atoms with Gasteiger partial charge in [0, 0.05) is 0 Å². The summed E-state index contributed by atoms with van der Waals surface area (Å²) in [7, 11) is 0. The van der Waals surface area contributed by atoms with Crippen molar-refractivity contribution in [1.29, 1.82) is 0 Å². The molecule has 0 saturated heterocycles. The van der Waals surface area contributed by atoms with Gasteiger partial charge in [-0.2, -0.15) is 0 Å². The van der Waals surface area contributed by atoms with Crippen molar-refractivity contribution in [2.24, 2.45) is 0 Å². The lowest BCUT2D eigenvalue weighted by molar-refractivity contribution is -0.270. The highest BCUT2D eigenvalue weighted by Gasteiger charge is 1.87. The molecule has 0 saturated carbocycles. The second-order valence-electron chi connectivity index (χ2n) is 1.80. The first kappa shape index (κ1) is 6.61. The molecular weight excluding hydrogens is 132 g/mol. The zero-order valence-electron chi connectivity index (χ0n) is 5.03. The van der Waals surface area contributed by atoms with E-state index < -0.39 is 11.5 Å². The van der Waals surface area contributed by atoms with Crippen LogP contribution in [0.4, 0.5) is 0 Å². The smallest absolute Gasteiger partial charge is 0.178 e. The van der Waals surface area contributed by atoms with Crippen LogP contribution in [0.5, 0.6) is 11.5 Å². The van der Waals surface area contributed by atoms with Gasteiger partial charge in [0.1, 0.15) is 0 Å². The van der Waals surface area contributed by atoms with Gasteiger partial charge in [0.05, 0.1) is 0 Å². The highest BCUT2D eigenvalue weighted by Crippen LogP contribution is 2.16. The molecular formula is C7H4O3-. The third kappa shape index (κ3) is 1.25. The minimum Gasteiger partial charge on any atom is -0.870 e. The van der Waals surface area contributed by atoms with E-state index in [-0.39, 0.29) is 5.43 Å². The van der Waals surface area contributed by atoms with Crippen LogP contribution in [0.1, 0.15) is 0 Å². The van der Waals surface area contributed by atoms with Crippen LogP contribution < -0.4 is 10.5 Å². The molecule has 3 heteroatoms. The first-order chi connectivity index (χ1) is 4.70. The van der Waals surface area contributed by atoms with E-state index in [9.17, 15) is 15.0 Å². The summed E-state index contributed by atoms with van der Waals surface area (Å²) in [6.07, 6.45) is 0. The number of hydrogen-bond acceptors (Lipinski definition) is 2. The third-order valence-electron chi connectivity index (χ3n) is 1.04. The molecule has 0 spiro atoms. The minimum atomic E-state index is -0.651. The average Bonchev–Trinajstić information content (AvgIpc) is 2.04. The van der Waals surface area contributed by atoms with Crippen LogP contribution in [-0.4, -0.2) is 0 Å². The molecule has 0 bridgehead atoms. The molecule has 1 aromatic carbocycles. The fourth-order valence-electron chi connectivity index (χ4n) is 0.535. The van der Waals surface area contributed by atoms with Crippen LogP contribution >= 0.6 is 0 Å². The van der Waals surface area contributed by atoms with E-state index in [0.29, 0.717) is 0 Å². The topological polar surface area (TPSA) is 60.0 Å². The van der Waals surface area contributed by atoms with Gasteiger partial charge in [0.15, 0.2) is 11.2 Å². The summed E-state index contributed by atoms with van der Waals surface area (Å²) in [6, 6.07) is 4.10. The highest BCUT2D eigenvalue weighted by atomic mass is 16.3. The predicted molar refractivity (Wildman–Crippen MR) is 32.3 cm³/mol. The Balaban J connectivity index is 3.42. The van der Waals surface area contributed by atoms with Crippen LogP contribution in [0, 0.1) is 0 Å². The Morgan fingerprint density at radius 2 is 1.70 bits per heavy atom. The van der Waals surface area contributed by atoms with Crippen molar-refractivity contribution in [2.75, 3.05) is 0 Å². The second kappa shape index (κ2) is 2.39. The van der Waals surface area contributed by atoms with Gasteiger partial charge in [-0.3, -0.25) is 9.90 Å². The average molecular weight is 136 g/mol. The Hall–Kier alpha value is -1.51. The van der Waals surface area contributed by atoms with Gasteiger partial charge in [-0.25, -0.2) is 0 Å². The summed E-state index contributed by atoms with van der Waals surface area (Å²) in [6.45, 7) is 0. The van der Waals surface area contributed by atoms with Gasteiger partial charge in [0.2, 0.25) is 0 Å². The maximum atomic E-state index is 10.5. The Kier molecular flexibility index (Phi) is 1.58. The zero-order valence-corrected chi connectivity index (χ0v) is 5.03. The molecule has 0 atom stereocenters. The van der Waals surface area contributed by atoms with Crippen molar-refractivity contribution in [3.63, 3.8) is 0 Å². The van der Waals surface area contributed by atoms with Crippen LogP contribution in [0.2, 0.25) is 0 Å². The summed E-state index contributed by atoms with van der Waals surface area (Å²) in [4.78, 5) is 10.5. The molecule has 0 aliphatic heterocycles. The quantitative estimate of drug-likeness (QED) is 0.513. The van der Waals surface area contributed by atoms with Gasteiger partial charge < -0.3 is 5.11 Å². The third-order valence-corrected chi connectivity index (χ3v) is 1.04. The number of rotatable bonds is 0. The molecule has 0 aromatic heterocycles. The summed E-state index contributed by atoms with van der Waals surface area (Å²) >= 11 is 0. The lowest BCUT2D eigenvalue weighted by Crippen LogP contribution is -1.88. The minimum absolute atomic E-state index is 0.334. The van der Waals surface area contributed by atoms with E-state index in [2.05, 4.69) is 0 Å². The van der Waals surface area contributed by atoms with Crippen molar-refractivity contribution in [3.8, 4) is 11.5 Å². The second-order valence-corrected chi connectivity index (χ2v) is 1.80.